The summed E-state index contributed by atoms with van der Waals surface area (Å²) in [5, 5.41) is 2.00. The Kier molecular flexibility index (Phi) is 4.80. The molecule has 1 saturated heterocycles. The predicted molar refractivity (Wildman–Crippen MR) is 84.4 cm³/mol. The van der Waals surface area contributed by atoms with Gasteiger partial charge in [0.1, 0.15) is 0 Å². The van der Waals surface area contributed by atoms with Crippen molar-refractivity contribution in [3.63, 3.8) is 0 Å². The Bertz CT molecular complexity index is 468. The molecule has 0 aliphatic carbocycles. The van der Waals surface area contributed by atoms with Crippen LogP contribution in [0.3, 0.4) is 0 Å². The summed E-state index contributed by atoms with van der Waals surface area (Å²) in [7, 11) is -0.432. The van der Waals surface area contributed by atoms with Crippen LogP contribution in [-0.4, -0.2) is 30.9 Å². The quantitative estimate of drug-likeness (QED) is 0.617. The first-order chi connectivity index (χ1) is 9.77. The Morgan fingerprint density at radius 2 is 1.95 bits per heavy atom. The van der Waals surface area contributed by atoms with E-state index in [2.05, 4.69) is 0 Å². The van der Waals surface area contributed by atoms with Crippen molar-refractivity contribution in [3.05, 3.63) is 22.4 Å². The fraction of sp³-hybridized carbons (Fsp3) is 0.667. The fourth-order valence-electron chi connectivity index (χ4n) is 2.29. The highest BCUT2D eigenvalue weighted by atomic mass is 32.1. The number of ether oxygens (including phenoxy) is 1. The number of carbonyl (C=O) groups excluding carboxylic acids is 1. The van der Waals surface area contributed by atoms with Crippen LogP contribution in [0, 0.1) is 0 Å². The Labute approximate surface area is 130 Å². The lowest BCUT2D eigenvalue weighted by molar-refractivity contribution is -0.143. The summed E-state index contributed by atoms with van der Waals surface area (Å²) >= 11 is 1.61. The molecule has 0 aromatic carbocycles. The molecule has 2 rings (SSSR count). The van der Waals surface area contributed by atoms with Crippen molar-refractivity contribution in [3.8, 4) is 0 Å². The van der Waals surface area contributed by atoms with Gasteiger partial charge in [-0.15, -0.1) is 11.3 Å². The maximum atomic E-state index is 11.9. The molecular formula is C15H23BO4S. The Hall–Kier alpha value is -0.845. The van der Waals surface area contributed by atoms with Crippen molar-refractivity contribution in [2.24, 2.45) is 0 Å². The van der Waals surface area contributed by atoms with E-state index in [-0.39, 0.29) is 18.2 Å². The zero-order chi connectivity index (χ0) is 15.7. The Morgan fingerprint density at radius 3 is 2.43 bits per heavy atom. The zero-order valence-corrected chi connectivity index (χ0v) is 14.2. The molecule has 0 N–H and O–H groups in total. The van der Waals surface area contributed by atoms with Gasteiger partial charge in [-0.1, -0.05) is 6.07 Å². The molecule has 21 heavy (non-hydrogen) atoms. The minimum absolute atomic E-state index is 0.134. The summed E-state index contributed by atoms with van der Waals surface area (Å²) < 4.78 is 17.3. The van der Waals surface area contributed by atoms with Gasteiger partial charge in [-0.2, -0.15) is 0 Å². The van der Waals surface area contributed by atoms with Crippen molar-refractivity contribution >= 4 is 24.4 Å². The third-order valence-corrected chi connectivity index (χ3v) is 5.20. The van der Waals surface area contributed by atoms with Gasteiger partial charge in [-0.25, -0.2) is 0 Å². The molecule has 1 aliphatic heterocycles. The second-order valence-electron chi connectivity index (χ2n) is 6.26. The lowest BCUT2D eigenvalue weighted by Gasteiger charge is -2.32. The second kappa shape index (κ2) is 6.11. The van der Waals surface area contributed by atoms with E-state index in [9.17, 15) is 4.79 Å². The van der Waals surface area contributed by atoms with Gasteiger partial charge in [-0.05, 0) is 46.1 Å². The average Bonchev–Trinajstić information content (AvgIpc) is 2.94. The van der Waals surface area contributed by atoms with Crippen molar-refractivity contribution < 1.29 is 18.8 Å². The van der Waals surface area contributed by atoms with Crippen LogP contribution in [0.2, 0.25) is 0 Å². The molecule has 1 aromatic rings. The summed E-state index contributed by atoms with van der Waals surface area (Å²) in [6.07, 6.45) is 0.269. The standard InChI is InChI=1S/C15H23BO4S/c1-6-18-13(17)10-11(12-8-7-9-21-12)16-19-14(2,3)15(4,5)20-16/h7-9,11H,6,10H2,1-5H3. The van der Waals surface area contributed by atoms with E-state index in [1.54, 1.807) is 11.3 Å². The van der Waals surface area contributed by atoms with Gasteiger partial charge in [0.2, 0.25) is 0 Å². The highest BCUT2D eigenvalue weighted by Gasteiger charge is 2.54. The number of hydrogen-bond acceptors (Lipinski definition) is 5. The van der Waals surface area contributed by atoms with E-state index < -0.39 is 18.3 Å². The van der Waals surface area contributed by atoms with Crippen molar-refractivity contribution in [2.45, 2.75) is 58.1 Å². The van der Waals surface area contributed by atoms with Gasteiger partial charge in [0, 0.05) is 10.7 Å². The second-order valence-corrected chi connectivity index (χ2v) is 7.24. The van der Waals surface area contributed by atoms with E-state index in [0.717, 1.165) is 4.88 Å². The molecule has 1 aromatic heterocycles. The monoisotopic (exact) mass is 310 g/mol. The van der Waals surface area contributed by atoms with Gasteiger partial charge < -0.3 is 14.0 Å². The molecule has 1 fully saturated rings. The topological polar surface area (TPSA) is 44.8 Å². The van der Waals surface area contributed by atoms with Crippen LogP contribution in [0.25, 0.3) is 0 Å². The third-order valence-electron chi connectivity index (χ3n) is 4.20. The van der Waals surface area contributed by atoms with Crippen molar-refractivity contribution in [2.75, 3.05) is 6.61 Å². The zero-order valence-electron chi connectivity index (χ0n) is 13.3. The van der Waals surface area contributed by atoms with Crippen LogP contribution in [0.1, 0.15) is 51.7 Å². The fourth-order valence-corrected chi connectivity index (χ4v) is 3.13. The number of thiophene rings is 1. The first kappa shape index (κ1) is 16.5. The summed E-state index contributed by atoms with van der Waals surface area (Å²) in [6.45, 7) is 10.3. The van der Waals surface area contributed by atoms with Gasteiger partial charge in [-0.3, -0.25) is 4.79 Å². The van der Waals surface area contributed by atoms with E-state index in [1.165, 1.54) is 0 Å². The van der Waals surface area contributed by atoms with Gasteiger partial charge in [0.15, 0.2) is 0 Å². The molecule has 0 amide bonds. The normalized spacial score (nSPS) is 21.3. The van der Waals surface area contributed by atoms with Crippen molar-refractivity contribution in [1.82, 2.24) is 0 Å². The first-order valence-corrected chi connectivity index (χ1v) is 8.19. The number of rotatable bonds is 5. The molecule has 6 heteroatoms. The van der Waals surface area contributed by atoms with Crippen LogP contribution in [0.4, 0.5) is 0 Å². The highest BCUT2D eigenvalue weighted by Crippen LogP contribution is 2.42. The number of carbonyl (C=O) groups is 1. The van der Waals surface area contributed by atoms with Crippen LogP contribution in [0.15, 0.2) is 17.5 Å². The highest BCUT2D eigenvalue weighted by molar-refractivity contribution is 7.10. The molecule has 1 atom stereocenters. The lowest BCUT2D eigenvalue weighted by atomic mass is 9.69. The van der Waals surface area contributed by atoms with Crippen LogP contribution < -0.4 is 0 Å². The first-order valence-electron chi connectivity index (χ1n) is 7.31. The minimum Gasteiger partial charge on any atom is -0.466 e. The smallest absolute Gasteiger partial charge is 0.466 e. The molecule has 0 saturated carbocycles. The van der Waals surface area contributed by atoms with E-state index in [0.29, 0.717) is 6.61 Å². The molecular weight excluding hydrogens is 287 g/mol. The number of hydrogen-bond donors (Lipinski definition) is 0. The van der Waals surface area contributed by atoms with E-state index in [4.69, 9.17) is 14.0 Å². The van der Waals surface area contributed by atoms with Gasteiger partial charge >= 0.3 is 13.1 Å². The van der Waals surface area contributed by atoms with Crippen LogP contribution in [0.5, 0.6) is 0 Å². The number of esters is 1. The minimum atomic E-state index is -0.432. The molecule has 1 aliphatic rings. The summed E-state index contributed by atoms with van der Waals surface area (Å²) in [6, 6.07) is 3.99. The summed E-state index contributed by atoms with van der Waals surface area (Å²) in [4.78, 5) is 13.0. The molecule has 0 radical (unpaired) electrons. The van der Waals surface area contributed by atoms with Crippen LogP contribution in [-0.2, 0) is 18.8 Å². The molecule has 1 unspecified atom stereocenters. The molecule has 116 valence electrons. The Morgan fingerprint density at radius 1 is 1.33 bits per heavy atom. The van der Waals surface area contributed by atoms with E-state index in [1.807, 2.05) is 52.1 Å². The average molecular weight is 310 g/mol. The third kappa shape index (κ3) is 3.50. The maximum Gasteiger partial charge on any atom is 0.467 e. The maximum absolute atomic E-state index is 11.9. The van der Waals surface area contributed by atoms with Gasteiger partial charge in [0.05, 0.1) is 24.2 Å². The molecule has 4 nitrogen and oxygen atoms in total. The summed E-state index contributed by atoms with van der Waals surface area (Å²) in [5.74, 6) is -0.351. The SMILES string of the molecule is CCOC(=O)CC(B1OC(C)(C)C(C)(C)O1)c1cccs1. The Balaban J connectivity index is 2.19. The van der Waals surface area contributed by atoms with Crippen molar-refractivity contribution in [1.29, 1.82) is 0 Å². The molecule has 0 bridgehead atoms. The lowest BCUT2D eigenvalue weighted by Crippen LogP contribution is -2.41. The molecule has 0 spiro atoms. The largest absolute Gasteiger partial charge is 0.467 e. The van der Waals surface area contributed by atoms with E-state index >= 15 is 0 Å². The summed E-state index contributed by atoms with van der Waals surface area (Å²) in [5.41, 5.74) is -0.802. The van der Waals surface area contributed by atoms with Crippen LogP contribution >= 0.6 is 11.3 Å². The predicted octanol–water partition coefficient (Wildman–Crippen LogP) is 3.42. The van der Waals surface area contributed by atoms with Gasteiger partial charge in [0.25, 0.3) is 0 Å². The molecule has 2 heterocycles.